The molecule has 2 bridgehead atoms. The number of hydrogen-bond donors (Lipinski definition) is 1. The first kappa shape index (κ1) is 21.1. The van der Waals surface area contributed by atoms with Crippen LogP contribution in [0.4, 0.5) is 5.82 Å². The first-order valence-electron chi connectivity index (χ1n) is 11.1. The first-order chi connectivity index (χ1) is 15.5. The Kier molecular flexibility index (Phi) is 5.46. The number of pyridine rings is 1. The van der Waals surface area contributed by atoms with E-state index in [1.807, 2.05) is 19.1 Å². The van der Waals surface area contributed by atoms with Gasteiger partial charge >= 0.3 is 0 Å². The fraction of sp³-hybridized carbons (Fsp3) is 0.385. The molecule has 2 fully saturated rings. The van der Waals surface area contributed by atoms with Gasteiger partial charge in [-0.1, -0.05) is 29.8 Å². The Morgan fingerprint density at radius 1 is 1.16 bits per heavy atom. The number of halogens is 1. The average Bonchev–Trinajstić information content (AvgIpc) is 3.62. The molecule has 0 saturated heterocycles. The van der Waals surface area contributed by atoms with Crippen molar-refractivity contribution in [3.05, 3.63) is 70.4 Å². The Morgan fingerprint density at radius 2 is 1.94 bits per heavy atom. The number of Topliss-reactive ketones (excluding diaryl/α,β-unsaturated/α-hetero) is 1. The van der Waals surface area contributed by atoms with Gasteiger partial charge in [0.15, 0.2) is 5.78 Å². The number of nitrogens with one attached hydrogen (secondary N) is 1. The number of amides is 1. The van der Waals surface area contributed by atoms with Gasteiger partial charge in [0.1, 0.15) is 12.1 Å². The molecule has 5 nitrogen and oxygen atoms in total. The van der Waals surface area contributed by atoms with E-state index < -0.39 is 0 Å². The molecule has 0 radical (unpaired) electrons. The SMILES string of the molecule is Cc1cc(C(=O)CCc2ccc(NC(=O)C3C(C=O)C4C=CC3C3CC43)nc2)ccc1Cl. The van der Waals surface area contributed by atoms with Gasteiger partial charge in [-0.2, -0.15) is 0 Å². The summed E-state index contributed by atoms with van der Waals surface area (Å²) in [7, 11) is 0. The number of anilines is 1. The average molecular weight is 449 g/mol. The second-order valence-corrected chi connectivity index (χ2v) is 9.68. The molecular weight excluding hydrogens is 424 g/mol. The predicted octanol–water partition coefficient (Wildman–Crippen LogP) is 4.68. The lowest BCUT2D eigenvalue weighted by Gasteiger charge is -2.41. The van der Waals surface area contributed by atoms with E-state index in [4.69, 9.17) is 11.6 Å². The van der Waals surface area contributed by atoms with Crippen molar-refractivity contribution in [3.63, 3.8) is 0 Å². The fourth-order valence-corrected chi connectivity index (χ4v) is 5.68. The van der Waals surface area contributed by atoms with Crippen LogP contribution in [-0.4, -0.2) is 23.0 Å². The predicted molar refractivity (Wildman–Crippen MR) is 122 cm³/mol. The highest BCUT2D eigenvalue weighted by Crippen LogP contribution is 2.63. The number of allylic oxidation sites excluding steroid dienone is 2. The zero-order valence-electron chi connectivity index (χ0n) is 17.8. The van der Waals surface area contributed by atoms with Crippen molar-refractivity contribution in [2.75, 3.05) is 5.32 Å². The summed E-state index contributed by atoms with van der Waals surface area (Å²) in [4.78, 5) is 41.6. The second kappa shape index (κ2) is 8.28. The van der Waals surface area contributed by atoms with E-state index >= 15 is 0 Å². The maximum atomic E-state index is 13.0. The Hall–Kier alpha value is -2.79. The summed E-state index contributed by atoms with van der Waals surface area (Å²) in [5.41, 5.74) is 2.46. The van der Waals surface area contributed by atoms with Crippen LogP contribution in [-0.2, 0) is 16.0 Å². The lowest BCUT2D eigenvalue weighted by atomic mass is 9.62. The van der Waals surface area contributed by atoms with Crippen molar-refractivity contribution in [2.24, 2.45) is 35.5 Å². The minimum Gasteiger partial charge on any atom is -0.310 e. The molecule has 1 N–H and O–H groups in total. The van der Waals surface area contributed by atoms with E-state index in [-0.39, 0.29) is 35.4 Å². The molecule has 1 aromatic carbocycles. The number of carbonyl (C=O) groups is 3. The Labute approximate surface area is 192 Å². The largest absolute Gasteiger partial charge is 0.310 e. The van der Waals surface area contributed by atoms with Crippen molar-refractivity contribution < 1.29 is 14.4 Å². The number of aromatic nitrogens is 1. The number of hydrogen-bond acceptors (Lipinski definition) is 4. The standard InChI is InChI=1S/C26H25ClN2O3/c1-14-10-16(4-7-22(14)27)23(31)8-2-15-3-9-24(28-12-15)29-26(32)25-18-6-5-17(21(25)13-30)19-11-20(18)19/h3-7,9-10,12-13,17-21,25H,2,8,11H2,1H3,(H,28,29,32). The summed E-state index contributed by atoms with van der Waals surface area (Å²) >= 11 is 6.03. The van der Waals surface area contributed by atoms with Crippen molar-refractivity contribution in [1.82, 2.24) is 4.98 Å². The summed E-state index contributed by atoms with van der Waals surface area (Å²) in [6.07, 6.45) is 9.00. The third-order valence-corrected chi connectivity index (χ3v) is 7.79. The number of fused-ring (bicyclic) bond motifs is 1. The zero-order valence-corrected chi connectivity index (χ0v) is 18.6. The number of carbonyl (C=O) groups excluding carboxylic acids is 3. The van der Waals surface area contributed by atoms with Gasteiger partial charge in [-0.25, -0.2) is 4.98 Å². The molecule has 164 valence electrons. The Morgan fingerprint density at radius 3 is 2.66 bits per heavy atom. The summed E-state index contributed by atoms with van der Waals surface area (Å²) in [6, 6.07) is 8.94. The van der Waals surface area contributed by atoms with Gasteiger partial charge in [-0.15, -0.1) is 0 Å². The van der Waals surface area contributed by atoms with Crippen LogP contribution in [0.15, 0.2) is 48.7 Å². The molecule has 6 atom stereocenters. The van der Waals surface area contributed by atoms with Crippen LogP contribution < -0.4 is 5.32 Å². The zero-order chi connectivity index (χ0) is 22.4. The summed E-state index contributed by atoms with van der Waals surface area (Å²) < 4.78 is 0. The molecule has 4 aliphatic rings. The molecule has 2 aromatic rings. The molecule has 1 aromatic heterocycles. The van der Waals surface area contributed by atoms with Crippen LogP contribution in [0.5, 0.6) is 0 Å². The molecule has 6 heteroatoms. The minimum atomic E-state index is -0.312. The normalized spacial score (nSPS) is 29.3. The number of rotatable bonds is 7. The second-order valence-electron chi connectivity index (χ2n) is 9.27. The van der Waals surface area contributed by atoms with E-state index in [0.717, 1.165) is 23.8 Å². The molecule has 1 amide bonds. The lowest BCUT2D eigenvalue weighted by molar-refractivity contribution is -0.130. The van der Waals surface area contributed by atoms with E-state index in [1.54, 1.807) is 24.4 Å². The number of aldehydes is 1. The van der Waals surface area contributed by atoms with Crippen LogP contribution in [0.25, 0.3) is 0 Å². The lowest BCUT2D eigenvalue weighted by Crippen LogP contribution is -2.45. The van der Waals surface area contributed by atoms with Crippen LogP contribution >= 0.6 is 11.6 Å². The molecule has 0 spiro atoms. The van der Waals surface area contributed by atoms with Gasteiger partial charge in [-0.05, 0) is 78.8 Å². The fourth-order valence-electron chi connectivity index (χ4n) is 5.56. The molecule has 0 aliphatic heterocycles. The van der Waals surface area contributed by atoms with Crippen LogP contribution in [0, 0.1) is 42.4 Å². The molecule has 6 unspecified atom stereocenters. The smallest absolute Gasteiger partial charge is 0.229 e. The molecule has 2 saturated carbocycles. The van der Waals surface area contributed by atoms with Gasteiger partial charge in [0, 0.05) is 29.1 Å². The van der Waals surface area contributed by atoms with Crippen molar-refractivity contribution in [3.8, 4) is 0 Å². The molecular formula is C26H25ClN2O3. The van der Waals surface area contributed by atoms with Gasteiger partial charge in [0.2, 0.25) is 5.91 Å². The van der Waals surface area contributed by atoms with Gasteiger partial charge in [0.25, 0.3) is 0 Å². The summed E-state index contributed by atoms with van der Waals surface area (Å²) in [6.45, 7) is 1.88. The highest BCUT2D eigenvalue weighted by molar-refractivity contribution is 6.31. The molecule has 4 aliphatic carbocycles. The Bertz CT molecular complexity index is 1110. The van der Waals surface area contributed by atoms with E-state index in [0.29, 0.717) is 41.1 Å². The number of ketones is 1. The maximum absolute atomic E-state index is 13.0. The van der Waals surface area contributed by atoms with Crippen molar-refractivity contribution in [1.29, 1.82) is 0 Å². The first-order valence-corrected chi connectivity index (χ1v) is 11.5. The molecule has 6 rings (SSSR count). The van der Waals surface area contributed by atoms with E-state index in [9.17, 15) is 14.4 Å². The minimum absolute atomic E-state index is 0.0563. The third kappa shape index (κ3) is 3.79. The highest BCUT2D eigenvalue weighted by atomic mass is 35.5. The van der Waals surface area contributed by atoms with Gasteiger partial charge in [0.05, 0.1) is 5.92 Å². The van der Waals surface area contributed by atoms with Crippen LogP contribution in [0.2, 0.25) is 5.02 Å². The molecule has 1 heterocycles. The molecule has 32 heavy (non-hydrogen) atoms. The number of benzene rings is 1. The van der Waals surface area contributed by atoms with Gasteiger partial charge < -0.3 is 10.1 Å². The van der Waals surface area contributed by atoms with Crippen molar-refractivity contribution >= 4 is 35.4 Å². The number of nitrogens with zero attached hydrogens (tertiary/aromatic N) is 1. The van der Waals surface area contributed by atoms with Crippen LogP contribution in [0.1, 0.15) is 34.3 Å². The van der Waals surface area contributed by atoms with E-state index in [2.05, 4.69) is 22.5 Å². The topological polar surface area (TPSA) is 76.1 Å². The van der Waals surface area contributed by atoms with Gasteiger partial charge in [-0.3, -0.25) is 9.59 Å². The number of aryl methyl sites for hydroxylation is 2. The maximum Gasteiger partial charge on any atom is 0.229 e. The monoisotopic (exact) mass is 448 g/mol. The van der Waals surface area contributed by atoms with Crippen molar-refractivity contribution in [2.45, 2.75) is 26.2 Å². The summed E-state index contributed by atoms with van der Waals surface area (Å²) in [5.74, 6) is 1.35. The highest BCUT2D eigenvalue weighted by Gasteiger charge is 2.61. The summed E-state index contributed by atoms with van der Waals surface area (Å²) in [5, 5.41) is 3.56. The third-order valence-electron chi connectivity index (χ3n) is 7.37. The Balaban J connectivity index is 1.19. The quantitative estimate of drug-likeness (QED) is 0.379. The van der Waals surface area contributed by atoms with Crippen LogP contribution in [0.3, 0.4) is 0 Å². The van der Waals surface area contributed by atoms with E-state index in [1.165, 1.54) is 0 Å².